The van der Waals surface area contributed by atoms with Gasteiger partial charge in [0.1, 0.15) is 5.82 Å². The van der Waals surface area contributed by atoms with Crippen molar-refractivity contribution in [3.63, 3.8) is 0 Å². The van der Waals surface area contributed by atoms with E-state index in [1.54, 1.807) is 29.2 Å². The number of carbonyl (C=O) groups excluding carboxylic acids is 2. The third-order valence-electron chi connectivity index (χ3n) is 4.13. The maximum Gasteiger partial charge on any atom is 0.258 e. The summed E-state index contributed by atoms with van der Waals surface area (Å²) in [6.45, 7) is 1.31. The van der Waals surface area contributed by atoms with Gasteiger partial charge in [0.15, 0.2) is 0 Å². The summed E-state index contributed by atoms with van der Waals surface area (Å²) < 4.78 is 13.9. The molecule has 0 atom stereocenters. The lowest BCUT2D eigenvalue weighted by atomic mass is 10.1. The number of hydrogen-bond acceptors (Lipinski definition) is 2. The minimum absolute atomic E-state index is 0.0829. The van der Waals surface area contributed by atoms with E-state index in [9.17, 15) is 14.0 Å². The Morgan fingerprint density at radius 1 is 0.800 bits per heavy atom. The number of rotatable bonds is 2. The minimum atomic E-state index is -0.646. The highest BCUT2D eigenvalue weighted by Crippen LogP contribution is 2.22. The summed E-state index contributed by atoms with van der Waals surface area (Å²) >= 11 is 12.0. The number of carbonyl (C=O) groups is 2. The van der Waals surface area contributed by atoms with Crippen molar-refractivity contribution in [3.05, 3.63) is 69.5 Å². The topological polar surface area (TPSA) is 40.6 Å². The summed E-state index contributed by atoms with van der Waals surface area (Å²) in [4.78, 5) is 28.2. The van der Waals surface area contributed by atoms with E-state index in [0.29, 0.717) is 36.8 Å². The molecule has 0 aliphatic carbocycles. The standard InChI is InChI=1S/C18H15Cl2FN2O2/c19-13-5-2-1-4-12(13)17(24)22-8-10-23(11-9-22)18(25)16-14(20)6-3-7-15(16)21/h1-7H,8-11H2. The first-order valence-electron chi connectivity index (χ1n) is 7.76. The lowest BCUT2D eigenvalue weighted by Gasteiger charge is -2.35. The fourth-order valence-corrected chi connectivity index (χ4v) is 3.24. The van der Waals surface area contributed by atoms with Gasteiger partial charge in [0.2, 0.25) is 0 Å². The largest absolute Gasteiger partial charge is 0.335 e. The zero-order valence-corrected chi connectivity index (χ0v) is 14.7. The Labute approximate surface area is 154 Å². The van der Waals surface area contributed by atoms with Crippen LogP contribution in [0.15, 0.2) is 42.5 Å². The van der Waals surface area contributed by atoms with Gasteiger partial charge >= 0.3 is 0 Å². The van der Waals surface area contributed by atoms with Gasteiger partial charge in [0, 0.05) is 26.2 Å². The first-order chi connectivity index (χ1) is 12.0. The molecule has 25 heavy (non-hydrogen) atoms. The number of benzene rings is 2. The second-order valence-electron chi connectivity index (χ2n) is 5.66. The van der Waals surface area contributed by atoms with Crippen LogP contribution in [0.25, 0.3) is 0 Å². The van der Waals surface area contributed by atoms with Crippen molar-refractivity contribution in [1.82, 2.24) is 9.80 Å². The monoisotopic (exact) mass is 380 g/mol. The van der Waals surface area contributed by atoms with Crippen LogP contribution in [0.4, 0.5) is 4.39 Å². The molecule has 2 aromatic rings. The lowest BCUT2D eigenvalue weighted by molar-refractivity contribution is 0.0533. The van der Waals surface area contributed by atoms with Gasteiger partial charge in [0.25, 0.3) is 11.8 Å². The van der Waals surface area contributed by atoms with Crippen molar-refractivity contribution >= 4 is 35.0 Å². The Hall–Kier alpha value is -2.11. The van der Waals surface area contributed by atoms with E-state index in [1.807, 2.05) is 0 Å². The molecule has 1 aliphatic rings. The van der Waals surface area contributed by atoms with E-state index in [0.717, 1.165) is 0 Å². The van der Waals surface area contributed by atoms with Crippen LogP contribution < -0.4 is 0 Å². The lowest BCUT2D eigenvalue weighted by Crippen LogP contribution is -2.50. The average molecular weight is 381 g/mol. The van der Waals surface area contributed by atoms with Crippen LogP contribution in [0.1, 0.15) is 20.7 Å². The van der Waals surface area contributed by atoms with Crippen molar-refractivity contribution in [1.29, 1.82) is 0 Å². The van der Waals surface area contributed by atoms with Gasteiger partial charge in [-0.1, -0.05) is 41.4 Å². The Kier molecular flexibility index (Phi) is 5.25. The SMILES string of the molecule is O=C(c1ccccc1Cl)N1CCN(C(=O)c2c(F)cccc2Cl)CC1. The summed E-state index contributed by atoms with van der Waals surface area (Å²) in [7, 11) is 0. The Bertz CT molecular complexity index is 800. The summed E-state index contributed by atoms with van der Waals surface area (Å²) in [5.41, 5.74) is 0.302. The van der Waals surface area contributed by atoms with Crippen LogP contribution in [0, 0.1) is 5.82 Å². The molecule has 0 radical (unpaired) electrons. The van der Waals surface area contributed by atoms with Gasteiger partial charge in [-0.15, -0.1) is 0 Å². The Morgan fingerprint density at radius 2 is 1.36 bits per heavy atom. The van der Waals surface area contributed by atoms with Crippen LogP contribution in [0.5, 0.6) is 0 Å². The smallest absolute Gasteiger partial charge is 0.258 e. The minimum Gasteiger partial charge on any atom is -0.335 e. The van der Waals surface area contributed by atoms with E-state index >= 15 is 0 Å². The summed E-state index contributed by atoms with van der Waals surface area (Å²) in [5, 5.41) is 0.476. The van der Waals surface area contributed by atoms with Crippen molar-refractivity contribution < 1.29 is 14.0 Å². The van der Waals surface area contributed by atoms with E-state index in [-0.39, 0.29) is 16.5 Å². The van der Waals surface area contributed by atoms with E-state index in [1.165, 1.54) is 23.1 Å². The summed E-state index contributed by atoms with van der Waals surface area (Å²) in [5.74, 6) is -1.29. The second-order valence-corrected chi connectivity index (χ2v) is 6.48. The van der Waals surface area contributed by atoms with Crippen molar-refractivity contribution in [3.8, 4) is 0 Å². The molecule has 3 rings (SSSR count). The van der Waals surface area contributed by atoms with Gasteiger partial charge in [-0.3, -0.25) is 9.59 Å². The normalized spacial score (nSPS) is 14.5. The molecular formula is C18H15Cl2FN2O2. The van der Waals surface area contributed by atoms with Crippen LogP contribution in [0.2, 0.25) is 10.0 Å². The highest BCUT2D eigenvalue weighted by atomic mass is 35.5. The molecule has 0 N–H and O–H groups in total. The molecule has 1 heterocycles. The third-order valence-corrected chi connectivity index (χ3v) is 4.78. The molecule has 0 bridgehead atoms. The Morgan fingerprint density at radius 3 is 1.96 bits per heavy atom. The molecule has 0 spiro atoms. The zero-order valence-electron chi connectivity index (χ0n) is 13.2. The van der Waals surface area contributed by atoms with Gasteiger partial charge in [-0.05, 0) is 24.3 Å². The maximum atomic E-state index is 13.9. The second kappa shape index (κ2) is 7.42. The van der Waals surface area contributed by atoms with Crippen molar-refractivity contribution in [2.75, 3.05) is 26.2 Å². The highest BCUT2D eigenvalue weighted by Gasteiger charge is 2.28. The summed E-state index contributed by atoms with van der Waals surface area (Å²) in [6, 6.07) is 11.0. The van der Waals surface area contributed by atoms with Crippen LogP contribution in [-0.4, -0.2) is 47.8 Å². The van der Waals surface area contributed by atoms with Gasteiger partial charge in [0.05, 0.1) is 21.2 Å². The molecule has 0 aromatic heterocycles. The van der Waals surface area contributed by atoms with E-state index in [2.05, 4.69) is 0 Å². The predicted octanol–water partition coefficient (Wildman–Crippen LogP) is 3.73. The summed E-state index contributed by atoms with van der Waals surface area (Å²) in [6.07, 6.45) is 0. The van der Waals surface area contributed by atoms with Gasteiger partial charge in [-0.25, -0.2) is 4.39 Å². The molecule has 1 saturated heterocycles. The average Bonchev–Trinajstić information content (AvgIpc) is 2.61. The first-order valence-corrected chi connectivity index (χ1v) is 8.51. The number of amides is 2. The molecule has 7 heteroatoms. The van der Waals surface area contributed by atoms with Crippen molar-refractivity contribution in [2.45, 2.75) is 0 Å². The van der Waals surface area contributed by atoms with Crippen LogP contribution in [-0.2, 0) is 0 Å². The molecule has 0 saturated carbocycles. The third kappa shape index (κ3) is 3.62. The molecule has 2 aromatic carbocycles. The fraction of sp³-hybridized carbons (Fsp3) is 0.222. The van der Waals surface area contributed by atoms with Crippen LogP contribution >= 0.6 is 23.2 Å². The van der Waals surface area contributed by atoms with Crippen molar-refractivity contribution in [2.24, 2.45) is 0 Å². The van der Waals surface area contributed by atoms with Gasteiger partial charge in [-0.2, -0.15) is 0 Å². The fourth-order valence-electron chi connectivity index (χ4n) is 2.78. The van der Waals surface area contributed by atoms with Crippen LogP contribution in [0.3, 0.4) is 0 Å². The van der Waals surface area contributed by atoms with E-state index in [4.69, 9.17) is 23.2 Å². The molecule has 130 valence electrons. The highest BCUT2D eigenvalue weighted by molar-refractivity contribution is 6.34. The number of halogens is 3. The van der Waals surface area contributed by atoms with E-state index < -0.39 is 11.7 Å². The molecule has 4 nitrogen and oxygen atoms in total. The molecule has 1 fully saturated rings. The maximum absolute atomic E-state index is 13.9. The Balaban J connectivity index is 1.69. The number of piperazine rings is 1. The molecular weight excluding hydrogens is 366 g/mol. The first kappa shape index (κ1) is 17.7. The number of nitrogens with zero attached hydrogens (tertiary/aromatic N) is 2. The molecule has 0 unspecified atom stereocenters. The molecule has 2 amide bonds. The van der Waals surface area contributed by atoms with Gasteiger partial charge < -0.3 is 9.80 Å². The molecule has 1 aliphatic heterocycles. The predicted molar refractivity (Wildman–Crippen MR) is 94.7 cm³/mol. The number of hydrogen-bond donors (Lipinski definition) is 0. The zero-order chi connectivity index (χ0) is 18.0. The quantitative estimate of drug-likeness (QED) is 0.796.